The third kappa shape index (κ3) is 28.9. The third-order valence-corrected chi connectivity index (χ3v) is 8.65. The van der Waals surface area contributed by atoms with E-state index in [1.54, 1.807) is 0 Å². The molecule has 55 heavy (non-hydrogen) atoms. The predicted octanol–water partition coefficient (Wildman–Crippen LogP) is 1.34. The van der Waals surface area contributed by atoms with Crippen LogP contribution < -0.4 is 21.3 Å². The number of carboxylic acids is 1. The SMILES string of the molecule is CCCCCCCCCCC(=O)C1CC([C@H](CCC(=O)NCCOCCOCC(=O)NCCOCCOCC(=O)NCCOCCOCC(C)=O)C(=O)O)N1. The van der Waals surface area contributed by atoms with Gasteiger partial charge in [0.05, 0.1) is 71.4 Å². The van der Waals surface area contributed by atoms with E-state index in [2.05, 4.69) is 28.2 Å². The van der Waals surface area contributed by atoms with E-state index in [-0.39, 0.29) is 127 Å². The summed E-state index contributed by atoms with van der Waals surface area (Å²) in [5.41, 5.74) is 0. The van der Waals surface area contributed by atoms with E-state index in [1.807, 2.05) is 0 Å². The Bertz CT molecular complexity index is 1080. The zero-order valence-corrected chi connectivity index (χ0v) is 33.2. The molecule has 1 aliphatic rings. The number of unbranched alkanes of at least 4 members (excludes halogenated alkanes) is 7. The molecule has 0 radical (unpaired) electrons. The van der Waals surface area contributed by atoms with Crippen LogP contribution in [-0.2, 0) is 57.2 Å². The molecule has 0 aromatic rings. The van der Waals surface area contributed by atoms with Gasteiger partial charge in [0.2, 0.25) is 17.7 Å². The maximum atomic E-state index is 12.5. The van der Waals surface area contributed by atoms with Gasteiger partial charge in [-0.3, -0.25) is 28.8 Å². The van der Waals surface area contributed by atoms with Crippen LogP contribution in [0.1, 0.15) is 90.9 Å². The van der Waals surface area contributed by atoms with E-state index in [9.17, 15) is 33.9 Å². The summed E-state index contributed by atoms with van der Waals surface area (Å²) in [5.74, 6) is -2.48. The number of amides is 3. The first-order valence-electron chi connectivity index (χ1n) is 19.9. The first kappa shape index (κ1) is 50.0. The highest BCUT2D eigenvalue weighted by Crippen LogP contribution is 2.25. The van der Waals surface area contributed by atoms with E-state index in [1.165, 1.54) is 39.0 Å². The molecule has 0 aromatic carbocycles. The van der Waals surface area contributed by atoms with Gasteiger partial charge in [-0.2, -0.15) is 0 Å². The monoisotopic (exact) mass is 788 g/mol. The minimum Gasteiger partial charge on any atom is -0.481 e. The van der Waals surface area contributed by atoms with Gasteiger partial charge < -0.3 is 54.8 Å². The van der Waals surface area contributed by atoms with E-state index in [0.717, 1.165) is 19.3 Å². The van der Waals surface area contributed by atoms with Gasteiger partial charge in [0.15, 0.2) is 5.78 Å². The lowest BCUT2D eigenvalue weighted by atomic mass is 9.81. The average Bonchev–Trinajstić information content (AvgIpc) is 3.13. The van der Waals surface area contributed by atoms with Crippen molar-refractivity contribution in [3.63, 3.8) is 0 Å². The molecular weight excluding hydrogens is 720 g/mol. The Balaban J connectivity index is 1.92. The van der Waals surface area contributed by atoms with Gasteiger partial charge in [0.25, 0.3) is 0 Å². The van der Waals surface area contributed by atoms with Crippen LogP contribution in [0.4, 0.5) is 0 Å². The molecule has 0 spiro atoms. The molecule has 3 atom stereocenters. The first-order chi connectivity index (χ1) is 26.6. The Kier molecular flexibility index (Phi) is 31.1. The second-order valence-corrected chi connectivity index (χ2v) is 13.5. The molecule has 1 rings (SSSR count). The van der Waals surface area contributed by atoms with Crippen molar-refractivity contribution < 1.29 is 62.3 Å². The van der Waals surface area contributed by atoms with Crippen molar-refractivity contribution >= 4 is 35.3 Å². The van der Waals surface area contributed by atoms with Gasteiger partial charge in [-0.05, 0) is 26.2 Å². The minimum atomic E-state index is -0.975. The molecule has 3 amide bonds. The van der Waals surface area contributed by atoms with Crippen molar-refractivity contribution in [3.05, 3.63) is 0 Å². The summed E-state index contributed by atoms with van der Waals surface area (Å²) < 4.78 is 31.6. The molecule has 5 N–H and O–H groups in total. The number of carbonyl (C=O) groups excluding carboxylic acids is 5. The summed E-state index contributed by atoms with van der Waals surface area (Å²) in [4.78, 5) is 70.9. The smallest absolute Gasteiger partial charge is 0.308 e. The zero-order valence-electron chi connectivity index (χ0n) is 33.2. The second kappa shape index (κ2) is 34.2. The van der Waals surface area contributed by atoms with Crippen molar-refractivity contribution in [2.45, 2.75) is 103 Å². The van der Waals surface area contributed by atoms with Gasteiger partial charge in [0.1, 0.15) is 25.6 Å². The van der Waals surface area contributed by atoms with Crippen LogP contribution >= 0.6 is 0 Å². The molecule has 0 saturated carbocycles. The number of ketones is 2. The first-order valence-corrected chi connectivity index (χ1v) is 19.9. The number of hydrogen-bond acceptors (Lipinski definition) is 13. The summed E-state index contributed by atoms with van der Waals surface area (Å²) in [6.07, 6.45) is 10.6. The predicted molar refractivity (Wildman–Crippen MR) is 203 cm³/mol. The fraction of sp³-hybridized carbons (Fsp3) is 0.842. The van der Waals surface area contributed by atoms with Crippen LogP contribution in [0.5, 0.6) is 0 Å². The number of ether oxygens (including phenoxy) is 6. The van der Waals surface area contributed by atoms with E-state index in [0.29, 0.717) is 39.2 Å². The summed E-state index contributed by atoms with van der Waals surface area (Å²) in [5, 5.41) is 20.8. The van der Waals surface area contributed by atoms with Gasteiger partial charge in [-0.15, -0.1) is 0 Å². The van der Waals surface area contributed by atoms with E-state index in [4.69, 9.17) is 28.4 Å². The number of aliphatic carboxylic acids is 1. The lowest BCUT2D eigenvalue weighted by Gasteiger charge is -2.39. The Labute approximate surface area is 326 Å². The Hall–Kier alpha value is -3.06. The number of carbonyl (C=O) groups is 6. The molecule has 17 nitrogen and oxygen atoms in total. The number of carboxylic acid groups (broad SMARTS) is 1. The summed E-state index contributed by atoms with van der Waals surface area (Å²) in [7, 11) is 0. The molecule has 1 aliphatic heterocycles. The maximum absolute atomic E-state index is 12.5. The molecule has 1 fully saturated rings. The fourth-order valence-corrected chi connectivity index (χ4v) is 5.57. The molecule has 1 heterocycles. The Morgan fingerprint density at radius 3 is 1.51 bits per heavy atom. The molecule has 0 aliphatic carbocycles. The quantitative estimate of drug-likeness (QED) is 0.0555. The third-order valence-electron chi connectivity index (χ3n) is 8.65. The van der Waals surface area contributed by atoms with Crippen LogP contribution in [-0.4, -0.2) is 151 Å². The lowest BCUT2D eigenvalue weighted by molar-refractivity contribution is -0.145. The molecular formula is C38H68N4O13. The van der Waals surface area contributed by atoms with Crippen molar-refractivity contribution in [3.8, 4) is 0 Å². The minimum absolute atomic E-state index is 0.0513. The summed E-state index contributed by atoms with van der Waals surface area (Å²) in [6, 6.07) is -0.601. The molecule has 17 heteroatoms. The fourth-order valence-electron chi connectivity index (χ4n) is 5.57. The molecule has 2 unspecified atom stereocenters. The standard InChI is InChI=1S/C38H68N4O13/c1-3-4-5-6-7-8-9-10-11-34(44)33-26-32(42-33)31(38(48)49)12-13-35(45)39-14-17-50-21-24-54-28-37(47)41-16-19-52-22-25-55-29-36(46)40-15-18-51-20-23-53-27-30(2)43/h31-33,42H,3-29H2,1-2H3,(H,39,45)(H,40,46)(H,41,47)(H,48,49)/t31-,32?,33?/m0/s1. The molecule has 0 aromatic heterocycles. The van der Waals surface area contributed by atoms with Crippen LogP contribution in [0.2, 0.25) is 0 Å². The van der Waals surface area contributed by atoms with E-state index >= 15 is 0 Å². The van der Waals surface area contributed by atoms with Crippen molar-refractivity contribution in [1.82, 2.24) is 21.3 Å². The summed E-state index contributed by atoms with van der Waals surface area (Å²) >= 11 is 0. The van der Waals surface area contributed by atoms with Crippen LogP contribution in [0.3, 0.4) is 0 Å². The highest BCUT2D eigenvalue weighted by atomic mass is 16.5. The molecule has 1 saturated heterocycles. The number of rotatable bonds is 39. The molecule has 0 bridgehead atoms. The highest BCUT2D eigenvalue weighted by molar-refractivity contribution is 5.85. The van der Waals surface area contributed by atoms with Crippen LogP contribution in [0.25, 0.3) is 0 Å². The number of nitrogens with one attached hydrogen (secondary N) is 4. The van der Waals surface area contributed by atoms with E-state index < -0.39 is 11.9 Å². The van der Waals surface area contributed by atoms with Crippen LogP contribution in [0.15, 0.2) is 0 Å². The summed E-state index contributed by atoms with van der Waals surface area (Å²) in [6.45, 7) is 6.63. The van der Waals surface area contributed by atoms with Crippen molar-refractivity contribution in [1.29, 1.82) is 0 Å². The van der Waals surface area contributed by atoms with Crippen molar-refractivity contribution in [2.24, 2.45) is 5.92 Å². The van der Waals surface area contributed by atoms with Gasteiger partial charge in [-0.1, -0.05) is 51.9 Å². The van der Waals surface area contributed by atoms with Gasteiger partial charge >= 0.3 is 5.97 Å². The van der Waals surface area contributed by atoms with Gasteiger partial charge in [-0.25, -0.2) is 0 Å². The van der Waals surface area contributed by atoms with Gasteiger partial charge in [0, 0.05) is 38.5 Å². The lowest BCUT2D eigenvalue weighted by Crippen LogP contribution is -2.60. The van der Waals surface area contributed by atoms with Crippen LogP contribution in [0, 0.1) is 5.92 Å². The maximum Gasteiger partial charge on any atom is 0.308 e. The average molecular weight is 789 g/mol. The normalized spacial score (nSPS) is 15.5. The Morgan fingerprint density at radius 2 is 1.04 bits per heavy atom. The second-order valence-electron chi connectivity index (χ2n) is 13.5. The number of hydrogen-bond donors (Lipinski definition) is 5. The number of Topliss-reactive ketones (excluding diaryl/α,β-unsaturated/α-hetero) is 2. The zero-order chi connectivity index (χ0) is 40.4. The largest absolute Gasteiger partial charge is 0.481 e. The Morgan fingerprint density at radius 1 is 0.600 bits per heavy atom. The highest BCUT2D eigenvalue weighted by Gasteiger charge is 2.40. The van der Waals surface area contributed by atoms with Crippen molar-refractivity contribution in [2.75, 3.05) is 98.9 Å². The molecule has 318 valence electrons. The topological polar surface area (TPSA) is 226 Å².